The minimum Gasteiger partial charge on any atom is -0.494 e. The van der Waals surface area contributed by atoms with Gasteiger partial charge in [0.25, 0.3) is 0 Å². The van der Waals surface area contributed by atoms with E-state index in [1.54, 1.807) is 0 Å². The first-order chi connectivity index (χ1) is 14.7. The van der Waals surface area contributed by atoms with Gasteiger partial charge < -0.3 is 9.47 Å². The standard InChI is InChI=1S/C25H23BrN2O2/c1-2-14-29-20-11-8-18(9-12-20)25-28-23(21-15-19(26)10-13-24(21)30-25)16-22(27-28)17-6-4-3-5-7-17/h3-13,15,23,25H,2,14,16H2,1H3/t23-,25-/m0/s1. The number of fused-ring (bicyclic) bond motifs is 3. The molecular formula is C25H23BrN2O2. The number of benzene rings is 3. The molecule has 0 radical (unpaired) electrons. The fourth-order valence-corrected chi connectivity index (χ4v) is 4.41. The summed E-state index contributed by atoms with van der Waals surface area (Å²) in [6.45, 7) is 2.83. The smallest absolute Gasteiger partial charge is 0.213 e. The van der Waals surface area contributed by atoms with Crippen LogP contribution in [0, 0.1) is 0 Å². The molecule has 5 rings (SSSR count). The van der Waals surface area contributed by atoms with Crippen molar-refractivity contribution in [1.82, 2.24) is 5.01 Å². The maximum absolute atomic E-state index is 6.45. The summed E-state index contributed by atoms with van der Waals surface area (Å²) < 4.78 is 13.2. The van der Waals surface area contributed by atoms with Gasteiger partial charge in [0, 0.05) is 22.0 Å². The van der Waals surface area contributed by atoms with Crippen LogP contribution in [0.3, 0.4) is 0 Å². The number of hydrogen-bond donors (Lipinski definition) is 0. The lowest BCUT2D eigenvalue weighted by Gasteiger charge is -2.38. The van der Waals surface area contributed by atoms with Gasteiger partial charge in [-0.15, -0.1) is 0 Å². The Bertz CT molecular complexity index is 1070. The fraction of sp³-hybridized carbons (Fsp3) is 0.240. The molecule has 2 aliphatic heterocycles. The molecule has 5 heteroatoms. The average Bonchev–Trinajstić information content (AvgIpc) is 3.24. The van der Waals surface area contributed by atoms with E-state index >= 15 is 0 Å². The summed E-state index contributed by atoms with van der Waals surface area (Å²) in [7, 11) is 0. The molecule has 0 aliphatic carbocycles. The normalized spacial score (nSPS) is 19.5. The van der Waals surface area contributed by atoms with E-state index in [0.29, 0.717) is 0 Å². The summed E-state index contributed by atoms with van der Waals surface area (Å²) in [6.07, 6.45) is 1.57. The second kappa shape index (κ2) is 8.15. The lowest BCUT2D eigenvalue weighted by atomic mass is 9.96. The van der Waals surface area contributed by atoms with E-state index in [-0.39, 0.29) is 12.3 Å². The Hall–Kier alpha value is -2.79. The number of halogens is 1. The van der Waals surface area contributed by atoms with Crippen LogP contribution < -0.4 is 9.47 Å². The minimum absolute atomic E-state index is 0.141. The Labute approximate surface area is 185 Å². The largest absolute Gasteiger partial charge is 0.494 e. The van der Waals surface area contributed by atoms with Gasteiger partial charge >= 0.3 is 0 Å². The highest BCUT2D eigenvalue weighted by Crippen LogP contribution is 2.48. The van der Waals surface area contributed by atoms with E-state index in [0.717, 1.165) is 52.3 Å². The van der Waals surface area contributed by atoms with Gasteiger partial charge in [0.15, 0.2) is 0 Å². The summed E-state index contributed by atoms with van der Waals surface area (Å²) >= 11 is 3.61. The third kappa shape index (κ3) is 3.58. The number of hydrogen-bond acceptors (Lipinski definition) is 4. The summed E-state index contributed by atoms with van der Waals surface area (Å²) in [4.78, 5) is 0. The van der Waals surface area contributed by atoms with Crippen LogP contribution in [-0.4, -0.2) is 17.3 Å². The molecule has 2 aliphatic rings. The van der Waals surface area contributed by atoms with Gasteiger partial charge in [0.2, 0.25) is 6.23 Å². The Balaban J connectivity index is 1.52. The topological polar surface area (TPSA) is 34.1 Å². The van der Waals surface area contributed by atoms with Crippen molar-refractivity contribution in [2.24, 2.45) is 5.10 Å². The van der Waals surface area contributed by atoms with Gasteiger partial charge in [0.1, 0.15) is 11.5 Å². The SMILES string of the molecule is CCCOc1ccc([C@@H]2Oc3ccc(Br)cc3[C@@H]3CC(c4ccccc4)=NN32)cc1. The number of hydrazone groups is 1. The summed E-state index contributed by atoms with van der Waals surface area (Å²) in [5, 5.41) is 7.13. The van der Waals surface area contributed by atoms with Crippen molar-refractivity contribution in [3.63, 3.8) is 0 Å². The van der Waals surface area contributed by atoms with Crippen LogP contribution in [0.5, 0.6) is 11.5 Å². The monoisotopic (exact) mass is 462 g/mol. The van der Waals surface area contributed by atoms with Crippen LogP contribution in [0.1, 0.15) is 48.7 Å². The highest BCUT2D eigenvalue weighted by Gasteiger charge is 2.41. The molecule has 152 valence electrons. The van der Waals surface area contributed by atoms with Crippen molar-refractivity contribution < 1.29 is 9.47 Å². The Morgan fingerprint density at radius 1 is 1.07 bits per heavy atom. The Morgan fingerprint density at radius 3 is 2.63 bits per heavy atom. The lowest BCUT2D eigenvalue weighted by molar-refractivity contribution is -0.0191. The second-order valence-corrected chi connectivity index (χ2v) is 8.50. The zero-order valence-corrected chi connectivity index (χ0v) is 18.4. The van der Waals surface area contributed by atoms with Gasteiger partial charge in [-0.3, -0.25) is 0 Å². The van der Waals surface area contributed by atoms with Crippen molar-refractivity contribution in [1.29, 1.82) is 0 Å². The molecule has 3 aromatic rings. The molecule has 0 spiro atoms. The highest BCUT2D eigenvalue weighted by molar-refractivity contribution is 9.10. The molecule has 2 atom stereocenters. The fourth-order valence-electron chi connectivity index (χ4n) is 4.03. The van der Waals surface area contributed by atoms with Crippen LogP contribution in [0.4, 0.5) is 0 Å². The molecule has 0 amide bonds. The van der Waals surface area contributed by atoms with E-state index in [4.69, 9.17) is 14.6 Å². The van der Waals surface area contributed by atoms with E-state index in [2.05, 4.69) is 70.3 Å². The molecule has 3 aromatic carbocycles. The van der Waals surface area contributed by atoms with Crippen LogP contribution in [0.2, 0.25) is 0 Å². The molecule has 0 fully saturated rings. The second-order valence-electron chi connectivity index (χ2n) is 7.58. The molecular weight excluding hydrogens is 440 g/mol. The van der Waals surface area contributed by atoms with Gasteiger partial charge in [-0.05, 0) is 54.4 Å². The number of rotatable bonds is 5. The molecule has 4 nitrogen and oxygen atoms in total. The van der Waals surface area contributed by atoms with Crippen LogP contribution >= 0.6 is 15.9 Å². The predicted molar refractivity (Wildman–Crippen MR) is 122 cm³/mol. The molecule has 2 heterocycles. The van der Waals surface area contributed by atoms with Gasteiger partial charge in [-0.2, -0.15) is 5.10 Å². The first-order valence-corrected chi connectivity index (χ1v) is 11.1. The van der Waals surface area contributed by atoms with Crippen LogP contribution in [0.25, 0.3) is 0 Å². The molecule has 0 N–H and O–H groups in total. The molecule has 0 bridgehead atoms. The zero-order valence-electron chi connectivity index (χ0n) is 16.8. The van der Waals surface area contributed by atoms with Crippen molar-refractivity contribution in [3.05, 3.63) is 94.0 Å². The zero-order chi connectivity index (χ0) is 20.5. The van der Waals surface area contributed by atoms with Crippen LogP contribution in [0.15, 0.2) is 82.4 Å². The summed E-state index contributed by atoms with van der Waals surface area (Å²) in [5.74, 6) is 1.80. The third-order valence-corrected chi connectivity index (χ3v) is 5.99. The van der Waals surface area contributed by atoms with Crippen molar-refractivity contribution >= 4 is 21.6 Å². The van der Waals surface area contributed by atoms with Crippen molar-refractivity contribution in [2.75, 3.05) is 6.61 Å². The molecule has 0 unspecified atom stereocenters. The maximum Gasteiger partial charge on any atom is 0.213 e. The number of ether oxygens (including phenoxy) is 2. The Morgan fingerprint density at radius 2 is 1.87 bits per heavy atom. The minimum atomic E-state index is -0.273. The lowest BCUT2D eigenvalue weighted by Crippen LogP contribution is -2.33. The average molecular weight is 463 g/mol. The predicted octanol–water partition coefficient (Wildman–Crippen LogP) is 6.48. The first kappa shape index (κ1) is 19.2. The van der Waals surface area contributed by atoms with E-state index < -0.39 is 0 Å². The quantitative estimate of drug-likeness (QED) is 0.434. The highest BCUT2D eigenvalue weighted by atomic mass is 79.9. The van der Waals surface area contributed by atoms with Crippen molar-refractivity contribution in [3.8, 4) is 11.5 Å². The van der Waals surface area contributed by atoms with E-state index in [9.17, 15) is 0 Å². The molecule has 0 saturated heterocycles. The number of nitrogens with zero attached hydrogens (tertiary/aromatic N) is 2. The third-order valence-electron chi connectivity index (χ3n) is 5.50. The maximum atomic E-state index is 6.45. The van der Waals surface area contributed by atoms with E-state index in [1.165, 1.54) is 5.56 Å². The van der Waals surface area contributed by atoms with E-state index in [1.807, 2.05) is 30.3 Å². The summed E-state index contributed by atoms with van der Waals surface area (Å²) in [5.41, 5.74) is 4.48. The molecule has 0 saturated carbocycles. The van der Waals surface area contributed by atoms with Gasteiger partial charge in [-0.1, -0.05) is 53.2 Å². The van der Waals surface area contributed by atoms with Gasteiger partial charge in [-0.25, -0.2) is 5.01 Å². The molecule has 30 heavy (non-hydrogen) atoms. The van der Waals surface area contributed by atoms with Crippen molar-refractivity contribution in [2.45, 2.75) is 32.0 Å². The molecule has 0 aromatic heterocycles. The van der Waals surface area contributed by atoms with Gasteiger partial charge in [0.05, 0.1) is 18.4 Å². The Kier molecular flexibility index (Phi) is 5.21. The van der Waals surface area contributed by atoms with Crippen LogP contribution in [-0.2, 0) is 0 Å². The first-order valence-electron chi connectivity index (χ1n) is 10.3. The summed E-state index contributed by atoms with van der Waals surface area (Å²) in [6, 6.07) is 24.9.